The second-order valence-electron chi connectivity index (χ2n) is 7.00. The van der Waals surface area contributed by atoms with E-state index in [1.54, 1.807) is 12.5 Å². The van der Waals surface area contributed by atoms with Crippen molar-refractivity contribution in [1.29, 1.82) is 0 Å². The zero-order valence-corrected chi connectivity index (χ0v) is 14.5. The predicted molar refractivity (Wildman–Crippen MR) is 93.3 cm³/mol. The number of anilines is 1. The van der Waals surface area contributed by atoms with E-state index in [-0.39, 0.29) is 24.3 Å². The Balaban J connectivity index is 1.40. The van der Waals surface area contributed by atoms with Gasteiger partial charge in [0.15, 0.2) is 5.76 Å². The highest BCUT2D eigenvalue weighted by Crippen LogP contribution is 2.29. The topological polar surface area (TPSA) is 81.4 Å². The molecule has 0 saturated carbocycles. The van der Waals surface area contributed by atoms with Gasteiger partial charge in [-0.3, -0.25) is 0 Å². The Kier molecular flexibility index (Phi) is 4.70. The third kappa shape index (κ3) is 3.53. The maximum absolute atomic E-state index is 5.99. The van der Waals surface area contributed by atoms with Crippen LogP contribution in [0.1, 0.15) is 13.8 Å². The molecule has 7 heteroatoms. The Morgan fingerprint density at radius 3 is 2.72 bits per heavy atom. The van der Waals surface area contributed by atoms with Crippen molar-refractivity contribution in [2.45, 2.75) is 38.1 Å². The van der Waals surface area contributed by atoms with Gasteiger partial charge >= 0.3 is 0 Å². The van der Waals surface area contributed by atoms with Crippen molar-refractivity contribution in [3.63, 3.8) is 0 Å². The highest BCUT2D eigenvalue weighted by molar-refractivity contribution is 5.53. The fourth-order valence-electron chi connectivity index (χ4n) is 3.34. The van der Waals surface area contributed by atoms with Crippen molar-refractivity contribution in [3.8, 4) is 11.5 Å². The van der Waals surface area contributed by atoms with Gasteiger partial charge in [-0.15, -0.1) is 0 Å². The van der Waals surface area contributed by atoms with Gasteiger partial charge in [0.1, 0.15) is 17.9 Å². The average molecular weight is 344 g/mol. The lowest BCUT2D eigenvalue weighted by Gasteiger charge is -2.19. The van der Waals surface area contributed by atoms with Gasteiger partial charge in [-0.25, -0.2) is 9.97 Å². The molecule has 2 aromatic heterocycles. The van der Waals surface area contributed by atoms with Gasteiger partial charge in [-0.05, 0) is 30.7 Å². The summed E-state index contributed by atoms with van der Waals surface area (Å²) in [6.45, 7) is 6.62. The van der Waals surface area contributed by atoms with Crippen molar-refractivity contribution >= 4 is 5.95 Å². The molecule has 7 nitrogen and oxygen atoms in total. The van der Waals surface area contributed by atoms with Crippen molar-refractivity contribution in [2.24, 2.45) is 5.92 Å². The maximum atomic E-state index is 5.99. The lowest BCUT2D eigenvalue weighted by Crippen LogP contribution is -2.43. The average Bonchev–Trinajstić information content (AvgIpc) is 3.33. The monoisotopic (exact) mass is 344 g/mol. The lowest BCUT2D eigenvalue weighted by atomic mass is 10.1. The van der Waals surface area contributed by atoms with E-state index in [1.807, 2.05) is 18.2 Å². The van der Waals surface area contributed by atoms with E-state index in [9.17, 15) is 0 Å². The van der Waals surface area contributed by atoms with Crippen molar-refractivity contribution in [3.05, 3.63) is 30.7 Å². The molecule has 4 rings (SSSR count). The van der Waals surface area contributed by atoms with Crippen LogP contribution in [0.15, 0.2) is 35.1 Å². The second-order valence-corrected chi connectivity index (χ2v) is 7.00. The molecule has 2 aromatic rings. The first-order valence-electron chi connectivity index (χ1n) is 8.81. The van der Waals surface area contributed by atoms with Crippen LogP contribution in [-0.4, -0.2) is 54.0 Å². The van der Waals surface area contributed by atoms with Crippen molar-refractivity contribution in [1.82, 2.24) is 15.3 Å². The molecule has 2 fully saturated rings. The molecule has 0 radical (unpaired) electrons. The molecule has 2 aliphatic heterocycles. The van der Waals surface area contributed by atoms with Gasteiger partial charge < -0.3 is 24.5 Å². The Morgan fingerprint density at radius 2 is 1.96 bits per heavy atom. The zero-order valence-electron chi connectivity index (χ0n) is 14.5. The molecule has 0 amide bonds. The van der Waals surface area contributed by atoms with Gasteiger partial charge in [0.05, 0.1) is 31.6 Å². The molecule has 2 aliphatic rings. The van der Waals surface area contributed by atoms with Crippen LogP contribution in [0.2, 0.25) is 0 Å². The molecule has 0 aliphatic carbocycles. The minimum atomic E-state index is 0.0144. The van der Waals surface area contributed by atoms with Crippen molar-refractivity contribution in [2.75, 3.05) is 25.1 Å². The number of hydrogen-bond donors (Lipinski definition) is 2. The van der Waals surface area contributed by atoms with E-state index in [4.69, 9.17) is 13.9 Å². The van der Waals surface area contributed by atoms with Gasteiger partial charge in [0.2, 0.25) is 5.95 Å². The molecule has 4 atom stereocenters. The number of fused-ring (bicyclic) bond motifs is 1. The standard InChI is InChI=1S/C18H24N4O3/c1-11(2)8-20-13-9-24-17-14(10-25-16(13)17)22-18-19-6-5-12(21-18)15-4-3-7-23-15/h3-7,11,13-14,16-17,20H,8-10H2,1-2H3,(H,19,21,22). The third-order valence-electron chi connectivity index (χ3n) is 4.59. The van der Waals surface area contributed by atoms with E-state index in [2.05, 4.69) is 34.4 Å². The predicted octanol–water partition coefficient (Wildman–Crippen LogP) is 1.93. The van der Waals surface area contributed by atoms with E-state index in [0.29, 0.717) is 25.1 Å². The van der Waals surface area contributed by atoms with Crippen LogP contribution < -0.4 is 10.6 Å². The molecule has 0 aromatic carbocycles. The molecular weight excluding hydrogens is 320 g/mol. The van der Waals surface area contributed by atoms with E-state index >= 15 is 0 Å². The van der Waals surface area contributed by atoms with Crippen LogP contribution in [0, 0.1) is 5.92 Å². The number of furan rings is 1. The molecule has 4 unspecified atom stereocenters. The minimum Gasteiger partial charge on any atom is -0.463 e. The number of nitrogens with one attached hydrogen (secondary N) is 2. The summed E-state index contributed by atoms with van der Waals surface area (Å²) in [7, 11) is 0. The van der Waals surface area contributed by atoms with Crippen LogP contribution >= 0.6 is 0 Å². The van der Waals surface area contributed by atoms with Crippen LogP contribution in [-0.2, 0) is 9.47 Å². The lowest BCUT2D eigenvalue weighted by molar-refractivity contribution is 0.0674. The fourth-order valence-corrected chi connectivity index (χ4v) is 3.34. The summed E-state index contributed by atoms with van der Waals surface area (Å²) in [5.74, 6) is 1.89. The van der Waals surface area contributed by atoms with E-state index in [0.717, 1.165) is 18.0 Å². The Labute approximate surface area is 147 Å². The van der Waals surface area contributed by atoms with Crippen LogP contribution in [0.4, 0.5) is 5.95 Å². The van der Waals surface area contributed by atoms with Gasteiger partial charge in [0, 0.05) is 6.20 Å². The largest absolute Gasteiger partial charge is 0.463 e. The van der Waals surface area contributed by atoms with Gasteiger partial charge in [-0.2, -0.15) is 0 Å². The molecule has 4 heterocycles. The fraction of sp³-hybridized carbons (Fsp3) is 0.556. The Morgan fingerprint density at radius 1 is 1.16 bits per heavy atom. The summed E-state index contributed by atoms with van der Waals surface area (Å²) >= 11 is 0. The molecule has 0 spiro atoms. The first-order chi connectivity index (χ1) is 12.2. The van der Waals surface area contributed by atoms with Crippen LogP contribution in [0.5, 0.6) is 0 Å². The highest BCUT2D eigenvalue weighted by atomic mass is 16.6. The molecule has 2 saturated heterocycles. The second kappa shape index (κ2) is 7.11. The number of aromatic nitrogens is 2. The summed E-state index contributed by atoms with van der Waals surface area (Å²) in [4.78, 5) is 8.84. The minimum absolute atomic E-state index is 0.0144. The maximum Gasteiger partial charge on any atom is 0.223 e. The van der Waals surface area contributed by atoms with Crippen LogP contribution in [0.3, 0.4) is 0 Å². The SMILES string of the molecule is CC(C)CNC1COC2C(Nc3nccc(-c4ccco4)n3)COC12. The van der Waals surface area contributed by atoms with E-state index < -0.39 is 0 Å². The summed E-state index contributed by atoms with van der Waals surface area (Å²) in [6, 6.07) is 5.84. The highest BCUT2D eigenvalue weighted by Gasteiger charge is 2.47. The molecule has 0 bridgehead atoms. The number of ether oxygens (including phenoxy) is 2. The molecule has 25 heavy (non-hydrogen) atoms. The number of rotatable bonds is 6. The third-order valence-corrected chi connectivity index (χ3v) is 4.59. The Bertz CT molecular complexity index is 691. The van der Waals surface area contributed by atoms with Crippen LogP contribution in [0.25, 0.3) is 11.5 Å². The van der Waals surface area contributed by atoms with Crippen molar-refractivity contribution < 1.29 is 13.9 Å². The Hall–Kier alpha value is -1.96. The summed E-state index contributed by atoms with van der Waals surface area (Å²) in [5.41, 5.74) is 0.752. The van der Waals surface area contributed by atoms with E-state index in [1.165, 1.54) is 0 Å². The number of nitrogens with zero attached hydrogens (tertiary/aromatic N) is 2. The first kappa shape index (κ1) is 16.5. The normalized spacial score (nSPS) is 28.4. The summed E-state index contributed by atoms with van der Waals surface area (Å²) in [6.07, 6.45) is 3.45. The van der Waals surface area contributed by atoms with Gasteiger partial charge in [0.25, 0.3) is 0 Å². The summed E-state index contributed by atoms with van der Waals surface area (Å²) < 4.78 is 17.4. The smallest absolute Gasteiger partial charge is 0.223 e. The quantitative estimate of drug-likeness (QED) is 0.828. The first-order valence-corrected chi connectivity index (χ1v) is 8.81. The zero-order chi connectivity index (χ0) is 17.2. The summed E-state index contributed by atoms with van der Waals surface area (Å²) in [5, 5.41) is 6.90. The molecule has 2 N–H and O–H groups in total. The molecule has 134 valence electrons. The van der Waals surface area contributed by atoms with Gasteiger partial charge in [-0.1, -0.05) is 13.8 Å². The molecular formula is C18H24N4O3. The number of hydrogen-bond acceptors (Lipinski definition) is 7.